The number of aryl methyl sites for hydroxylation is 1. The molecule has 0 aliphatic carbocycles. The maximum Gasteiger partial charge on any atom is 0.226 e. The molecule has 0 fully saturated rings. The molecule has 4 aromatic rings. The lowest BCUT2D eigenvalue weighted by Gasteiger charge is -2.09. The van der Waals surface area contributed by atoms with Crippen LogP contribution in [0.2, 0.25) is 0 Å². The SMILES string of the molecule is CN=C(NCCc1nc(-c2ccco2)n[nH]1)NCc1coc(-c2ccc(C)cc2)n1.I. The van der Waals surface area contributed by atoms with Crippen LogP contribution >= 0.6 is 24.0 Å². The molecule has 31 heavy (non-hydrogen) atoms. The molecule has 1 aromatic carbocycles. The minimum atomic E-state index is 0. The topological polar surface area (TPSA) is 117 Å². The summed E-state index contributed by atoms with van der Waals surface area (Å²) in [5.41, 5.74) is 2.95. The van der Waals surface area contributed by atoms with Crippen LogP contribution in [-0.2, 0) is 13.0 Å². The average Bonchev–Trinajstić information content (AvgIpc) is 3.52. The number of aromatic amines is 1. The second-order valence-corrected chi connectivity index (χ2v) is 6.70. The van der Waals surface area contributed by atoms with Crippen molar-refractivity contribution in [1.29, 1.82) is 0 Å². The standard InChI is InChI=1S/C21H23N7O2.HI/c1-14-5-7-15(8-6-14)20-25-16(13-30-20)12-24-21(22-2)23-10-9-18-26-19(28-27-18)17-4-3-11-29-17;/h3-8,11,13H,9-10,12H2,1-2H3,(H2,22,23,24)(H,26,27,28);1H. The lowest BCUT2D eigenvalue weighted by atomic mass is 10.1. The van der Waals surface area contributed by atoms with E-state index >= 15 is 0 Å². The molecule has 10 heteroatoms. The van der Waals surface area contributed by atoms with Gasteiger partial charge in [0.25, 0.3) is 0 Å². The quantitative estimate of drug-likeness (QED) is 0.189. The van der Waals surface area contributed by atoms with Gasteiger partial charge >= 0.3 is 0 Å². The van der Waals surface area contributed by atoms with Gasteiger partial charge in [-0.15, -0.1) is 24.0 Å². The Hall–Kier alpha value is -3.15. The van der Waals surface area contributed by atoms with Crippen molar-refractivity contribution in [2.45, 2.75) is 19.9 Å². The summed E-state index contributed by atoms with van der Waals surface area (Å²) in [5, 5.41) is 13.6. The Morgan fingerprint density at radius 2 is 1.94 bits per heavy atom. The number of aliphatic imine (C=N–C) groups is 1. The molecular formula is C21H24IN7O2. The van der Waals surface area contributed by atoms with Crippen LogP contribution in [0, 0.1) is 6.92 Å². The smallest absolute Gasteiger partial charge is 0.226 e. The summed E-state index contributed by atoms with van der Waals surface area (Å²) in [6.45, 7) is 3.19. The molecule has 0 spiro atoms. The van der Waals surface area contributed by atoms with Gasteiger partial charge in [-0.05, 0) is 31.2 Å². The number of rotatable bonds is 7. The average molecular weight is 533 g/mol. The molecule has 3 aromatic heterocycles. The van der Waals surface area contributed by atoms with Gasteiger partial charge in [-0.25, -0.2) is 9.97 Å². The Balaban J connectivity index is 0.00000272. The first-order valence-corrected chi connectivity index (χ1v) is 9.62. The Morgan fingerprint density at radius 3 is 2.68 bits per heavy atom. The maximum atomic E-state index is 5.59. The van der Waals surface area contributed by atoms with Crippen LogP contribution in [0.1, 0.15) is 17.1 Å². The predicted molar refractivity (Wildman–Crippen MR) is 128 cm³/mol. The Labute approximate surface area is 196 Å². The number of guanidine groups is 1. The zero-order valence-corrected chi connectivity index (χ0v) is 19.6. The molecule has 9 nitrogen and oxygen atoms in total. The van der Waals surface area contributed by atoms with Crippen molar-refractivity contribution in [3.05, 3.63) is 66.0 Å². The van der Waals surface area contributed by atoms with E-state index in [1.54, 1.807) is 25.6 Å². The van der Waals surface area contributed by atoms with Gasteiger partial charge < -0.3 is 19.5 Å². The Bertz CT molecular complexity index is 1100. The summed E-state index contributed by atoms with van der Waals surface area (Å²) in [7, 11) is 1.72. The number of H-pyrrole nitrogens is 1. The number of oxazole rings is 1. The van der Waals surface area contributed by atoms with Gasteiger partial charge in [-0.2, -0.15) is 5.10 Å². The molecule has 0 unspecified atom stereocenters. The molecule has 0 atom stereocenters. The van der Waals surface area contributed by atoms with Crippen LogP contribution < -0.4 is 10.6 Å². The second kappa shape index (κ2) is 10.8. The molecule has 0 aliphatic heterocycles. The lowest BCUT2D eigenvalue weighted by molar-refractivity contribution is 0.572. The highest BCUT2D eigenvalue weighted by molar-refractivity contribution is 14.0. The van der Waals surface area contributed by atoms with Gasteiger partial charge in [0, 0.05) is 25.6 Å². The summed E-state index contributed by atoms with van der Waals surface area (Å²) in [5.74, 6) is 3.23. The van der Waals surface area contributed by atoms with E-state index in [0.717, 1.165) is 17.1 Å². The first-order valence-electron chi connectivity index (χ1n) is 9.62. The van der Waals surface area contributed by atoms with Crippen LogP contribution in [0.5, 0.6) is 0 Å². The van der Waals surface area contributed by atoms with Crippen molar-refractivity contribution in [3.8, 4) is 23.0 Å². The van der Waals surface area contributed by atoms with Crippen molar-refractivity contribution >= 4 is 29.9 Å². The molecule has 3 heterocycles. The number of furan rings is 1. The third-order valence-corrected chi connectivity index (χ3v) is 4.44. The Morgan fingerprint density at radius 1 is 1.10 bits per heavy atom. The van der Waals surface area contributed by atoms with Crippen LogP contribution in [0.15, 0.2) is 62.8 Å². The van der Waals surface area contributed by atoms with E-state index in [9.17, 15) is 0 Å². The number of hydrogen-bond acceptors (Lipinski definition) is 6. The predicted octanol–water partition coefficient (Wildman–Crippen LogP) is 3.55. The third-order valence-electron chi connectivity index (χ3n) is 4.44. The van der Waals surface area contributed by atoms with E-state index in [1.165, 1.54) is 5.56 Å². The molecular weight excluding hydrogens is 509 g/mol. The zero-order valence-electron chi connectivity index (χ0n) is 17.3. The number of hydrogen-bond donors (Lipinski definition) is 3. The Kier molecular flexibility index (Phi) is 7.82. The van der Waals surface area contributed by atoms with Gasteiger partial charge in [0.2, 0.25) is 11.7 Å². The van der Waals surface area contributed by atoms with E-state index in [4.69, 9.17) is 8.83 Å². The molecule has 3 N–H and O–H groups in total. The van der Waals surface area contributed by atoms with E-state index in [0.29, 0.717) is 42.9 Å². The number of nitrogens with one attached hydrogen (secondary N) is 3. The van der Waals surface area contributed by atoms with Gasteiger partial charge in [0.1, 0.15) is 12.1 Å². The van der Waals surface area contributed by atoms with Crippen molar-refractivity contribution in [3.63, 3.8) is 0 Å². The molecule has 162 valence electrons. The highest BCUT2D eigenvalue weighted by Crippen LogP contribution is 2.19. The summed E-state index contributed by atoms with van der Waals surface area (Å²) in [4.78, 5) is 13.2. The lowest BCUT2D eigenvalue weighted by Crippen LogP contribution is -2.38. The number of benzene rings is 1. The highest BCUT2D eigenvalue weighted by Gasteiger charge is 2.09. The molecule has 0 saturated heterocycles. The van der Waals surface area contributed by atoms with E-state index in [-0.39, 0.29) is 24.0 Å². The fraction of sp³-hybridized carbons (Fsp3) is 0.238. The van der Waals surface area contributed by atoms with Gasteiger partial charge in [-0.1, -0.05) is 17.7 Å². The highest BCUT2D eigenvalue weighted by atomic mass is 127. The van der Waals surface area contributed by atoms with Crippen LogP contribution in [-0.4, -0.2) is 39.7 Å². The van der Waals surface area contributed by atoms with Crippen LogP contribution in [0.25, 0.3) is 23.0 Å². The number of aromatic nitrogens is 4. The fourth-order valence-electron chi connectivity index (χ4n) is 2.83. The molecule has 4 rings (SSSR count). The molecule has 0 amide bonds. The minimum absolute atomic E-state index is 0. The summed E-state index contributed by atoms with van der Waals surface area (Å²) in [6.07, 6.45) is 3.91. The first-order chi connectivity index (χ1) is 14.7. The van der Waals surface area contributed by atoms with Gasteiger partial charge in [-0.3, -0.25) is 10.1 Å². The normalized spacial score (nSPS) is 11.2. The van der Waals surface area contributed by atoms with E-state index in [2.05, 4.69) is 35.8 Å². The monoisotopic (exact) mass is 533 g/mol. The van der Waals surface area contributed by atoms with Gasteiger partial charge in [0.15, 0.2) is 11.7 Å². The number of halogens is 1. The third kappa shape index (κ3) is 5.94. The summed E-state index contributed by atoms with van der Waals surface area (Å²) in [6, 6.07) is 11.7. The summed E-state index contributed by atoms with van der Waals surface area (Å²) >= 11 is 0. The molecule has 0 saturated carbocycles. The van der Waals surface area contributed by atoms with E-state index in [1.807, 2.05) is 37.3 Å². The first kappa shape index (κ1) is 22.5. The van der Waals surface area contributed by atoms with Gasteiger partial charge in [0.05, 0.1) is 18.5 Å². The largest absolute Gasteiger partial charge is 0.461 e. The molecule has 0 radical (unpaired) electrons. The fourth-order valence-corrected chi connectivity index (χ4v) is 2.83. The molecule has 0 bridgehead atoms. The minimum Gasteiger partial charge on any atom is -0.461 e. The second-order valence-electron chi connectivity index (χ2n) is 6.70. The van der Waals surface area contributed by atoms with Crippen LogP contribution in [0.4, 0.5) is 0 Å². The summed E-state index contributed by atoms with van der Waals surface area (Å²) < 4.78 is 10.9. The van der Waals surface area contributed by atoms with Crippen molar-refractivity contribution in [2.75, 3.05) is 13.6 Å². The number of nitrogens with zero attached hydrogens (tertiary/aromatic N) is 4. The van der Waals surface area contributed by atoms with Crippen molar-refractivity contribution in [1.82, 2.24) is 30.8 Å². The van der Waals surface area contributed by atoms with Crippen molar-refractivity contribution in [2.24, 2.45) is 4.99 Å². The van der Waals surface area contributed by atoms with E-state index < -0.39 is 0 Å². The zero-order chi connectivity index (χ0) is 20.8. The van der Waals surface area contributed by atoms with Crippen LogP contribution in [0.3, 0.4) is 0 Å². The molecule has 0 aliphatic rings. The maximum absolute atomic E-state index is 5.59. The van der Waals surface area contributed by atoms with Crippen molar-refractivity contribution < 1.29 is 8.83 Å².